The topological polar surface area (TPSA) is 51.0 Å². The van der Waals surface area contributed by atoms with E-state index in [1.165, 1.54) is 11.8 Å². The molecule has 1 fully saturated rings. The van der Waals surface area contributed by atoms with Gasteiger partial charge < -0.3 is 4.90 Å². The maximum absolute atomic E-state index is 12.1. The number of nitrogens with zero attached hydrogens (tertiary/aromatic N) is 4. The molecule has 1 aromatic heterocycles. The minimum absolute atomic E-state index is 0.166. The largest absolute Gasteiger partial charge is 0.342 e. The van der Waals surface area contributed by atoms with E-state index < -0.39 is 0 Å². The van der Waals surface area contributed by atoms with Crippen LogP contribution in [0.4, 0.5) is 0 Å². The minimum atomic E-state index is 0.166. The molecule has 7 heteroatoms. The molecule has 0 unspecified atom stereocenters. The zero-order valence-electron chi connectivity index (χ0n) is 12.3. The summed E-state index contributed by atoms with van der Waals surface area (Å²) >= 11 is 7.58. The highest BCUT2D eigenvalue weighted by Gasteiger charge is 2.19. The van der Waals surface area contributed by atoms with Crippen LogP contribution in [0.2, 0.25) is 5.02 Å². The fourth-order valence-electron chi connectivity index (χ4n) is 2.42. The van der Waals surface area contributed by atoms with Crippen molar-refractivity contribution in [1.29, 1.82) is 0 Å². The number of amides is 1. The summed E-state index contributed by atoms with van der Waals surface area (Å²) in [6.07, 6.45) is 3.85. The van der Waals surface area contributed by atoms with Crippen molar-refractivity contribution in [2.75, 3.05) is 18.8 Å². The van der Waals surface area contributed by atoms with Gasteiger partial charge in [0.2, 0.25) is 5.91 Å². The van der Waals surface area contributed by atoms with Crippen LogP contribution in [0, 0.1) is 6.92 Å². The second-order valence-corrected chi connectivity index (χ2v) is 6.64. The average Bonchev–Trinajstić information content (AvgIpc) is 3.18. The quantitative estimate of drug-likeness (QED) is 0.805. The number of thioether (sulfide) groups is 1. The lowest BCUT2D eigenvalue weighted by Crippen LogP contribution is -2.29. The number of carbonyl (C=O) groups excluding carboxylic acids is 1. The van der Waals surface area contributed by atoms with Gasteiger partial charge in [0.25, 0.3) is 0 Å². The van der Waals surface area contributed by atoms with Crippen LogP contribution in [0.5, 0.6) is 0 Å². The van der Waals surface area contributed by atoms with Gasteiger partial charge in [0.15, 0.2) is 5.16 Å². The lowest BCUT2D eigenvalue weighted by Gasteiger charge is -2.14. The molecule has 0 atom stereocenters. The first-order chi connectivity index (χ1) is 10.6. The van der Waals surface area contributed by atoms with Crippen molar-refractivity contribution in [1.82, 2.24) is 19.7 Å². The third-order valence-corrected chi connectivity index (χ3v) is 5.07. The summed E-state index contributed by atoms with van der Waals surface area (Å²) in [5.41, 5.74) is 1.92. The van der Waals surface area contributed by atoms with Gasteiger partial charge in [0.1, 0.15) is 6.33 Å². The summed E-state index contributed by atoms with van der Waals surface area (Å²) in [5.74, 6) is 0.553. The molecule has 0 saturated carbocycles. The van der Waals surface area contributed by atoms with E-state index in [1.54, 1.807) is 6.33 Å². The van der Waals surface area contributed by atoms with E-state index in [4.69, 9.17) is 11.6 Å². The number of aromatic nitrogens is 3. The molecular weight excluding hydrogens is 320 g/mol. The number of hydrogen-bond acceptors (Lipinski definition) is 4. The van der Waals surface area contributed by atoms with Crippen LogP contribution in [-0.2, 0) is 4.79 Å². The van der Waals surface area contributed by atoms with Gasteiger partial charge in [-0.3, -0.25) is 9.36 Å². The molecule has 0 N–H and O–H groups in total. The number of rotatable bonds is 4. The highest BCUT2D eigenvalue weighted by Crippen LogP contribution is 2.24. The molecule has 0 radical (unpaired) electrons. The number of aryl methyl sites for hydroxylation is 1. The first-order valence-corrected chi connectivity index (χ1v) is 8.58. The molecule has 2 aromatic rings. The zero-order chi connectivity index (χ0) is 15.5. The molecule has 0 bridgehead atoms. The minimum Gasteiger partial charge on any atom is -0.342 e. The van der Waals surface area contributed by atoms with Gasteiger partial charge in [-0.25, -0.2) is 0 Å². The molecule has 3 rings (SSSR count). The molecule has 2 heterocycles. The molecule has 1 aliphatic heterocycles. The molecule has 116 valence electrons. The second kappa shape index (κ2) is 6.71. The predicted octanol–water partition coefficient (Wildman–Crippen LogP) is 2.94. The molecule has 22 heavy (non-hydrogen) atoms. The fraction of sp³-hybridized carbons (Fsp3) is 0.400. The van der Waals surface area contributed by atoms with Gasteiger partial charge >= 0.3 is 0 Å². The van der Waals surface area contributed by atoms with Crippen LogP contribution in [0.15, 0.2) is 29.7 Å². The number of hydrogen-bond donors (Lipinski definition) is 0. The smallest absolute Gasteiger partial charge is 0.233 e. The SMILES string of the molecule is Cc1ccc(-n2cnnc2SCC(=O)N2CCCC2)cc1Cl. The van der Waals surface area contributed by atoms with Gasteiger partial charge in [-0.2, -0.15) is 0 Å². The van der Waals surface area contributed by atoms with E-state index in [2.05, 4.69) is 10.2 Å². The third-order valence-electron chi connectivity index (χ3n) is 3.73. The standard InChI is InChI=1S/C15H17ClN4OS/c1-11-4-5-12(8-13(11)16)20-10-17-18-15(20)22-9-14(21)19-6-2-3-7-19/h4-5,8,10H,2-3,6-7,9H2,1H3. The van der Waals surface area contributed by atoms with Crippen molar-refractivity contribution < 1.29 is 4.79 Å². The maximum Gasteiger partial charge on any atom is 0.233 e. The Bertz CT molecular complexity index is 682. The molecule has 1 amide bonds. The Hall–Kier alpha value is -1.53. The molecule has 5 nitrogen and oxygen atoms in total. The zero-order valence-corrected chi connectivity index (χ0v) is 13.9. The van der Waals surface area contributed by atoms with Crippen LogP contribution in [-0.4, -0.2) is 44.4 Å². The third kappa shape index (κ3) is 3.28. The highest BCUT2D eigenvalue weighted by molar-refractivity contribution is 7.99. The monoisotopic (exact) mass is 336 g/mol. The number of likely N-dealkylation sites (tertiary alicyclic amines) is 1. The molecule has 1 aliphatic rings. The lowest BCUT2D eigenvalue weighted by molar-refractivity contribution is -0.127. The van der Waals surface area contributed by atoms with Crippen molar-refractivity contribution >= 4 is 29.3 Å². The van der Waals surface area contributed by atoms with Crippen LogP contribution < -0.4 is 0 Å². The summed E-state index contributed by atoms with van der Waals surface area (Å²) in [5, 5.41) is 9.46. The lowest BCUT2D eigenvalue weighted by atomic mass is 10.2. The van der Waals surface area contributed by atoms with Crippen LogP contribution >= 0.6 is 23.4 Å². The first kappa shape index (κ1) is 15.4. The molecule has 0 spiro atoms. The van der Waals surface area contributed by atoms with Crippen LogP contribution in [0.3, 0.4) is 0 Å². The van der Waals surface area contributed by atoms with Crippen molar-refractivity contribution in [3.8, 4) is 5.69 Å². The molecule has 1 aromatic carbocycles. The summed E-state index contributed by atoms with van der Waals surface area (Å²) in [6.45, 7) is 3.71. The summed E-state index contributed by atoms with van der Waals surface area (Å²) < 4.78 is 1.85. The number of halogens is 1. The van der Waals surface area contributed by atoms with Gasteiger partial charge in [-0.15, -0.1) is 10.2 Å². The van der Waals surface area contributed by atoms with Crippen molar-refractivity contribution in [3.63, 3.8) is 0 Å². The Balaban J connectivity index is 1.71. The highest BCUT2D eigenvalue weighted by atomic mass is 35.5. The maximum atomic E-state index is 12.1. The van der Waals surface area contributed by atoms with E-state index in [0.29, 0.717) is 15.9 Å². The number of benzene rings is 1. The van der Waals surface area contributed by atoms with Gasteiger partial charge in [0.05, 0.1) is 11.4 Å². The fourth-order valence-corrected chi connectivity index (χ4v) is 3.42. The summed E-state index contributed by atoms with van der Waals surface area (Å²) in [4.78, 5) is 14.0. The average molecular weight is 337 g/mol. The van der Waals surface area contributed by atoms with Crippen molar-refractivity contribution in [2.45, 2.75) is 24.9 Å². The normalized spacial score (nSPS) is 14.5. The van der Waals surface area contributed by atoms with Crippen molar-refractivity contribution in [2.24, 2.45) is 0 Å². The Morgan fingerprint density at radius 2 is 2.14 bits per heavy atom. The number of carbonyl (C=O) groups is 1. The van der Waals surface area contributed by atoms with E-state index in [0.717, 1.165) is 37.2 Å². The Labute approximate surface area is 138 Å². The van der Waals surface area contributed by atoms with Gasteiger partial charge in [0, 0.05) is 18.1 Å². The summed E-state index contributed by atoms with van der Waals surface area (Å²) in [6, 6.07) is 5.81. The molecule has 0 aliphatic carbocycles. The van der Waals surface area contributed by atoms with E-state index in [-0.39, 0.29) is 5.91 Å². The van der Waals surface area contributed by atoms with Crippen LogP contribution in [0.25, 0.3) is 5.69 Å². The molecular formula is C15H17ClN4OS. The van der Waals surface area contributed by atoms with Crippen molar-refractivity contribution in [3.05, 3.63) is 35.1 Å². The van der Waals surface area contributed by atoms with Crippen LogP contribution in [0.1, 0.15) is 18.4 Å². The van der Waals surface area contributed by atoms with E-state index in [9.17, 15) is 4.79 Å². The van der Waals surface area contributed by atoms with Gasteiger partial charge in [-0.05, 0) is 37.5 Å². The first-order valence-electron chi connectivity index (χ1n) is 7.22. The summed E-state index contributed by atoms with van der Waals surface area (Å²) in [7, 11) is 0. The molecule has 1 saturated heterocycles. The second-order valence-electron chi connectivity index (χ2n) is 5.29. The Morgan fingerprint density at radius 1 is 1.36 bits per heavy atom. The predicted molar refractivity (Wildman–Crippen MR) is 87.6 cm³/mol. The van der Waals surface area contributed by atoms with E-state index >= 15 is 0 Å². The Kier molecular flexibility index (Phi) is 4.69. The van der Waals surface area contributed by atoms with Gasteiger partial charge in [-0.1, -0.05) is 29.4 Å². The van der Waals surface area contributed by atoms with E-state index in [1.807, 2.05) is 34.6 Å². The Morgan fingerprint density at radius 3 is 2.86 bits per heavy atom.